The molecule has 0 spiro atoms. The van der Waals surface area contributed by atoms with Crippen molar-refractivity contribution in [3.63, 3.8) is 0 Å². The van der Waals surface area contributed by atoms with Gasteiger partial charge in [0.1, 0.15) is 5.78 Å². The van der Waals surface area contributed by atoms with Gasteiger partial charge < -0.3 is 0 Å². The molecule has 0 aromatic heterocycles. The van der Waals surface area contributed by atoms with Crippen LogP contribution in [0, 0.1) is 16.7 Å². The van der Waals surface area contributed by atoms with Gasteiger partial charge in [-0.1, -0.05) is 13.8 Å². The first-order valence-electron chi connectivity index (χ1n) is 5.63. The van der Waals surface area contributed by atoms with Crippen LogP contribution in [0.1, 0.15) is 39.5 Å². The van der Waals surface area contributed by atoms with Crippen molar-refractivity contribution in [2.75, 3.05) is 5.75 Å². The summed E-state index contributed by atoms with van der Waals surface area (Å²) in [4.78, 5) is 12.0. The van der Waals surface area contributed by atoms with Crippen LogP contribution in [0.4, 0.5) is 0 Å². The Bertz CT molecular complexity index is 427. The van der Waals surface area contributed by atoms with Crippen LogP contribution < -0.4 is 0 Å². The van der Waals surface area contributed by atoms with Gasteiger partial charge in [-0.2, -0.15) is 0 Å². The van der Waals surface area contributed by atoms with Crippen molar-refractivity contribution in [2.45, 2.75) is 39.5 Å². The molecule has 2 fully saturated rings. The third kappa shape index (κ3) is 1.80. The summed E-state index contributed by atoms with van der Waals surface area (Å²) < 4.78 is 22.5. The molecule has 16 heavy (non-hydrogen) atoms. The summed E-state index contributed by atoms with van der Waals surface area (Å²) in [5.74, 6) is 0.121. The number of hydrogen-bond donors (Lipinski definition) is 0. The van der Waals surface area contributed by atoms with Gasteiger partial charge in [0, 0.05) is 22.5 Å². The van der Waals surface area contributed by atoms with Crippen LogP contribution >= 0.6 is 10.7 Å². The smallest absolute Gasteiger partial charge is 0.233 e. The van der Waals surface area contributed by atoms with Crippen molar-refractivity contribution in [1.82, 2.24) is 0 Å². The minimum atomic E-state index is -3.60. The molecule has 92 valence electrons. The number of hydrogen-bond acceptors (Lipinski definition) is 3. The van der Waals surface area contributed by atoms with Gasteiger partial charge in [-0.05, 0) is 30.6 Å². The molecule has 0 N–H and O–H groups in total. The summed E-state index contributed by atoms with van der Waals surface area (Å²) >= 11 is 0. The molecule has 2 rings (SSSR count). The lowest BCUT2D eigenvalue weighted by Gasteiger charge is -2.58. The van der Waals surface area contributed by atoms with Crippen LogP contribution in [0.5, 0.6) is 0 Å². The van der Waals surface area contributed by atoms with Gasteiger partial charge in [-0.3, -0.25) is 4.79 Å². The van der Waals surface area contributed by atoms with E-state index in [2.05, 4.69) is 13.8 Å². The van der Waals surface area contributed by atoms with E-state index in [-0.39, 0.29) is 22.9 Å². The summed E-state index contributed by atoms with van der Waals surface area (Å²) in [5, 5.41) is 0. The van der Waals surface area contributed by atoms with Crippen molar-refractivity contribution in [2.24, 2.45) is 16.7 Å². The lowest BCUT2D eigenvalue weighted by atomic mass is 9.46. The Kier molecular flexibility index (Phi) is 2.67. The largest absolute Gasteiger partial charge is 0.299 e. The molecule has 0 aromatic rings. The van der Waals surface area contributed by atoms with Crippen molar-refractivity contribution in [1.29, 1.82) is 0 Å². The molecule has 0 saturated heterocycles. The Morgan fingerprint density at radius 3 is 2.44 bits per heavy atom. The molecule has 2 aliphatic rings. The van der Waals surface area contributed by atoms with Gasteiger partial charge in [0.25, 0.3) is 0 Å². The fourth-order valence-corrected chi connectivity index (χ4v) is 5.24. The van der Waals surface area contributed by atoms with Gasteiger partial charge in [0.15, 0.2) is 0 Å². The first-order valence-corrected chi connectivity index (χ1v) is 8.11. The lowest BCUT2D eigenvalue weighted by Crippen LogP contribution is -2.59. The molecule has 2 saturated carbocycles. The highest BCUT2D eigenvalue weighted by molar-refractivity contribution is 8.13. The van der Waals surface area contributed by atoms with Gasteiger partial charge in [-0.25, -0.2) is 8.42 Å². The summed E-state index contributed by atoms with van der Waals surface area (Å²) in [6.07, 6.45) is 2.99. The minimum Gasteiger partial charge on any atom is -0.299 e. The predicted molar refractivity (Wildman–Crippen MR) is 62.8 cm³/mol. The zero-order valence-electron chi connectivity index (χ0n) is 9.62. The molecule has 1 unspecified atom stereocenters. The quantitative estimate of drug-likeness (QED) is 0.720. The standard InChI is InChI=1S/C11H17ClO3S/c1-10(2)5-4-9(13)11(6-3-8(10)11)7-16(12,14)15/h8H,3-7H2,1-2H3/t8?,11-/m1/s1. The maximum Gasteiger partial charge on any atom is 0.233 e. The van der Waals surface area contributed by atoms with Crippen molar-refractivity contribution in [3.05, 3.63) is 0 Å². The molecule has 0 aliphatic heterocycles. The van der Waals surface area contributed by atoms with Crippen LogP contribution in [0.25, 0.3) is 0 Å². The van der Waals surface area contributed by atoms with E-state index < -0.39 is 14.5 Å². The maximum atomic E-state index is 12.0. The maximum absolute atomic E-state index is 12.0. The Morgan fingerprint density at radius 1 is 1.38 bits per heavy atom. The minimum absolute atomic E-state index is 0.0632. The molecule has 0 aromatic carbocycles. The zero-order valence-corrected chi connectivity index (χ0v) is 11.2. The Morgan fingerprint density at radius 2 is 2.00 bits per heavy atom. The molecule has 0 heterocycles. The number of Topliss-reactive ketones (excluding diaryl/α,β-unsaturated/α-hetero) is 1. The molecule has 0 bridgehead atoms. The highest BCUT2D eigenvalue weighted by Gasteiger charge is 2.61. The molecule has 2 atom stereocenters. The summed E-state index contributed by atoms with van der Waals surface area (Å²) in [7, 11) is 1.74. The average Bonchev–Trinajstić information content (AvgIpc) is 2.04. The molecule has 0 amide bonds. The highest BCUT2D eigenvalue weighted by Crippen LogP contribution is 2.61. The number of ketones is 1. The number of carbonyl (C=O) groups excluding carboxylic acids is 1. The Hall–Kier alpha value is -0.0900. The number of halogens is 1. The first-order chi connectivity index (χ1) is 7.17. The third-order valence-electron chi connectivity index (χ3n) is 4.47. The van der Waals surface area contributed by atoms with E-state index in [1.807, 2.05) is 0 Å². The van der Waals surface area contributed by atoms with Gasteiger partial charge in [-0.15, -0.1) is 0 Å². The topological polar surface area (TPSA) is 51.2 Å². The Labute approximate surface area is 101 Å². The van der Waals surface area contributed by atoms with Crippen LogP contribution in [0.2, 0.25) is 0 Å². The van der Waals surface area contributed by atoms with Crippen molar-refractivity contribution in [3.8, 4) is 0 Å². The first kappa shape index (κ1) is 12.4. The second-order valence-electron chi connectivity index (χ2n) is 5.84. The third-order valence-corrected chi connectivity index (χ3v) is 5.66. The van der Waals surface area contributed by atoms with Gasteiger partial charge >= 0.3 is 0 Å². The van der Waals surface area contributed by atoms with Crippen LogP contribution in [-0.2, 0) is 13.8 Å². The summed E-state index contributed by atoms with van der Waals surface area (Å²) in [6, 6.07) is 0. The van der Waals surface area contributed by atoms with Crippen LogP contribution in [0.3, 0.4) is 0 Å². The lowest BCUT2D eigenvalue weighted by molar-refractivity contribution is -0.153. The van der Waals surface area contributed by atoms with E-state index in [1.165, 1.54) is 0 Å². The van der Waals surface area contributed by atoms with Gasteiger partial charge in [0.2, 0.25) is 9.05 Å². The molecule has 3 nitrogen and oxygen atoms in total. The van der Waals surface area contributed by atoms with E-state index in [1.54, 1.807) is 0 Å². The average molecular weight is 265 g/mol. The van der Waals surface area contributed by atoms with Gasteiger partial charge in [0.05, 0.1) is 5.75 Å². The zero-order chi connectivity index (χ0) is 12.2. The summed E-state index contributed by atoms with van der Waals surface area (Å²) in [6.45, 7) is 4.25. The van der Waals surface area contributed by atoms with Crippen LogP contribution in [0.15, 0.2) is 0 Å². The van der Waals surface area contributed by atoms with E-state index in [9.17, 15) is 13.2 Å². The number of fused-ring (bicyclic) bond motifs is 1. The predicted octanol–water partition coefficient (Wildman–Crippen LogP) is 2.34. The number of carbonyl (C=O) groups is 1. The normalized spacial score (nSPS) is 37.7. The Balaban J connectivity index is 2.34. The number of rotatable bonds is 2. The van der Waals surface area contributed by atoms with Crippen molar-refractivity contribution >= 4 is 25.5 Å². The fraction of sp³-hybridized carbons (Fsp3) is 0.909. The second kappa shape index (κ2) is 3.45. The molecule has 2 aliphatic carbocycles. The van der Waals surface area contributed by atoms with Crippen molar-refractivity contribution < 1.29 is 13.2 Å². The van der Waals surface area contributed by atoms with E-state index in [0.29, 0.717) is 12.8 Å². The second-order valence-corrected chi connectivity index (χ2v) is 8.62. The van der Waals surface area contributed by atoms with Crippen LogP contribution in [-0.4, -0.2) is 20.0 Å². The van der Waals surface area contributed by atoms with E-state index >= 15 is 0 Å². The molecular weight excluding hydrogens is 248 g/mol. The SMILES string of the molecule is CC1(C)CCC(=O)[C@@]2(CS(=O)(=O)Cl)CCC12. The van der Waals surface area contributed by atoms with E-state index in [0.717, 1.165) is 12.8 Å². The molecule has 0 radical (unpaired) electrons. The molecular formula is C11H17ClO3S. The monoisotopic (exact) mass is 264 g/mol. The molecule has 5 heteroatoms. The van der Waals surface area contributed by atoms with E-state index in [4.69, 9.17) is 10.7 Å². The highest BCUT2D eigenvalue weighted by atomic mass is 35.7. The summed E-state index contributed by atoms with van der Waals surface area (Å²) in [5.41, 5.74) is -0.601. The fourth-order valence-electron chi connectivity index (χ4n) is 3.53.